The van der Waals surface area contributed by atoms with Crippen molar-refractivity contribution in [3.63, 3.8) is 0 Å². The summed E-state index contributed by atoms with van der Waals surface area (Å²) < 4.78 is 9.79. The molecule has 0 aliphatic heterocycles. The van der Waals surface area contributed by atoms with Crippen molar-refractivity contribution in [1.82, 2.24) is 0 Å². The van der Waals surface area contributed by atoms with Gasteiger partial charge in [0, 0.05) is 27.7 Å². The molecule has 0 N–H and O–H groups in total. The number of hydrogen-bond acceptors (Lipinski definition) is 8. The minimum atomic E-state index is -0.0833. The molecule has 0 spiro atoms. The Labute approximate surface area is 192 Å². The Bertz CT molecular complexity index is 278. The number of Topliss-reactive ketones (excluding diaryl/α,β-unsaturated/α-hetero) is 2. The van der Waals surface area contributed by atoms with Crippen molar-refractivity contribution in [2.24, 2.45) is 0 Å². The molecule has 10 heteroatoms. The molecule has 0 aliphatic carbocycles. The first-order valence-electron chi connectivity index (χ1n) is 5.42. The molecule has 0 fully saturated rings. The molecular weight excluding hydrogens is 543 g/mol. The molecule has 0 atom stereocenters. The van der Waals surface area contributed by atoms with Crippen LogP contribution in [0.4, 0.5) is 0 Å². The number of carbonyl (C=O) groups is 2. The van der Waals surface area contributed by atoms with Crippen LogP contribution in [0.1, 0.15) is 27.7 Å². The Hall–Kier alpha value is 1.38. The molecule has 126 valence electrons. The topological polar surface area (TPSA) is 52.6 Å². The summed E-state index contributed by atoms with van der Waals surface area (Å²) in [6.45, 7) is 10.9. The van der Waals surface area contributed by atoms with Crippen LogP contribution in [0.5, 0.6) is 0 Å². The molecule has 0 bridgehead atoms. The Morgan fingerprint density at radius 3 is 1.82 bits per heavy atom. The molecule has 0 unspecified atom stereocenters. The smallest absolute Gasteiger partial charge is 0.813 e. The average Bonchev–Trinajstić information content (AvgIpc) is 2.28. The zero-order chi connectivity index (χ0) is 15.7. The van der Waals surface area contributed by atoms with E-state index in [4.69, 9.17) is 17.0 Å². The predicted octanol–water partition coefficient (Wildman–Crippen LogP) is -0.372. The molecule has 0 rings (SSSR count). The van der Waals surface area contributed by atoms with Gasteiger partial charge in [-0.1, -0.05) is 11.8 Å². The molecule has 0 saturated heterocycles. The van der Waals surface area contributed by atoms with Gasteiger partial charge in [0.1, 0.15) is 5.78 Å². The zero-order valence-electron chi connectivity index (χ0n) is 13.5. The summed E-state index contributed by atoms with van der Waals surface area (Å²) in [6.07, 6.45) is 0. The summed E-state index contributed by atoms with van der Waals surface area (Å²) in [5.41, 5.74) is 2.10. The van der Waals surface area contributed by atoms with Gasteiger partial charge in [-0.05, 0) is 45.7 Å². The van der Waals surface area contributed by atoms with Crippen LogP contribution >= 0.6 is 36.2 Å². The Morgan fingerprint density at radius 2 is 1.64 bits per heavy atom. The molecule has 0 radical (unpaired) electrons. The van der Waals surface area contributed by atoms with Crippen LogP contribution in [0.15, 0.2) is 0 Å². The van der Waals surface area contributed by atoms with Crippen molar-refractivity contribution in [2.75, 3.05) is 19.0 Å². The molecule has 0 heterocycles. The van der Waals surface area contributed by atoms with Crippen LogP contribution in [-0.2, 0) is 53.6 Å². The summed E-state index contributed by atoms with van der Waals surface area (Å²) >= 11 is 10.2. The molecular formula is C12H21NaO4S4W-2. The molecule has 0 aromatic rings. The third kappa shape index (κ3) is 68.6. The third-order valence-electron chi connectivity index (χ3n) is 0.859. The molecule has 0 aromatic carbocycles. The largest absolute Gasteiger partial charge is 1.00 e. The van der Waals surface area contributed by atoms with Crippen LogP contribution in [-0.4, -0.2) is 40.5 Å². The van der Waals surface area contributed by atoms with Gasteiger partial charge in [0.2, 0.25) is 4.38 Å². The fourth-order valence-corrected chi connectivity index (χ4v) is 1.31. The number of hydrogen-bond donors (Lipinski definition) is 0. The number of ketones is 2. The summed E-state index contributed by atoms with van der Waals surface area (Å²) in [5.74, 6) is 0.450. The SMILES string of the molecule is CCOC(=S)SCC(C)=O.CCO[C-]=S.[CH2-]C(C)=O.[Na+].[SH-].[W]. The van der Waals surface area contributed by atoms with E-state index in [0.717, 1.165) is 0 Å². The molecule has 4 nitrogen and oxygen atoms in total. The van der Waals surface area contributed by atoms with Gasteiger partial charge in [-0.25, -0.2) is 5.55 Å². The first kappa shape index (κ1) is 38.8. The van der Waals surface area contributed by atoms with E-state index in [9.17, 15) is 9.59 Å². The van der Waals surface area contributed by atoms with E-state index in [2.05, 4.69) is 29.4 Å². The molecule has 0 amide bonds. The normalized spacial score (nSPS) is 6.73. The second-order valence-electron chi connectivity index (χ2n) is 2.89. The standard InChI is InChI=1S/C6H10O2S2.C3H5OS.C3H5O.Na.H2S.W/c1-3-8-6(9)10-4-5(2)7;1-2-4-3-5;1-3(2)4;;;/h3-4H2,1-2H3;2H2,1H3;1H2,2H3;;1H2;/q;2*-1;+1;;/p-1. The second-order valence-corrected chi connectivity index (χ2v) is 4.64. The maximum atomic E-state index is 10.4. The minimum Gasteiger partial charge on any atom is -0.813 e. The average molecular weight is 564 g/mol. The van der Waals surface area contributed by atoms with Crippen molar-refractivity contribution in [1.29, 1.82) is 0 Å². The van der Waals surface area contributed by atoms with Gasteiger partial charge >= 0.3 is 29.6 Å². The second kappa shape index (κ2) is 33.9. The predicted molar refractivity (Wildman–Crippen MR) is 96.4 cm³/mol. The van der Waals surface area contributed by atoms with Crippen LogP contribution in [0.2, 0.25) is 0 Å². The van der Waals surface area contributed by atoms with Gasteiger partial charge < -0.3 is 46.9 Å². The van der Waals surface area contributed by atoms with Gasteiger partial charge in [-0.2, -0.15) is 0 Å². The van der Waals surface area contributed by atoms with E-state index in [1.165, 1.54) is 25.6 Å². The first-order chi connectivity index (χ1) is 8.81. The van der Waals surface area contributed by atoms with Crippen molar-refractivity contribution in [3.8, 4) is 0 Å². The first-order valence-corrected chi connectivity index (χ1v) is 7.22. The van der Waals surface area contributed by atoms with Gasteiger partial charge in [0.15, 0.2) is 0 Å². The van der Waals surface area contributed by atoms with Crippen LogP contribution in [0, 0.1) is 6.92 Å². The van der Waals surface area contributed by atoms with E-state index in [0.29, 0.717) is 23.3 Å². The fourth-order valence-electron chi connectivity index (χ4n) is 0.379. The molecule has 0 saturated carbocycles. The number of carbonyl (C=O) groups excluding carboxylic acids is 2. The number of thiocarbonyl (C=S) groups is 2. The van der Waals surface area contributed by atoms with E-state index in [1.54, 1.807) is 0 Å². The van der Waals surface area contributed by atoms with Crippen LogP contribution in [0.3, 0.4) is 0 Å². The zero-order valence-corrected chi connectivity index (χ0v) is 21.8. The van der Waals surface area contributed by atoms with Gasteiger partial charge in [-0.15, -0.1) is 0 Å². The maximum Gasteiger partial charge on any atom is 1.00 e. The van der Waals surface area contributed by atoms with E-state index >= 15 is 0 Å². The summed E-state index contributed by atoms with van der Waals surface area (Å²) in [6, 6.07) is 0. The summed E-state index contributed by atoms with van der Waals surface area (Å²) in [5, 5.41) is 0. The maximum absolute atomic E-state index is 10.4. The minimum absolute atomic E-state index is 0. The molecule has 22 heavy (non-hydrogen) atoms. The van der Waals surface area contributed by atoms with E-state index in [-0.39, 0.29) is 75.7 Å². The van der Waals surface area contributed by atoms with Gasteiger partial charge in [0.25, 0.3) is 0 Å². The fraction of sp³-hybridized carbons (Fsp3) is 0.583. The Morgan fingerprint density at radius 1 is 1.23 bits per heavy atom. The van der Waals surface area contributed by atoms with Crippen molar-refractivity contribution in [3.05, 3.63) is 6.92 Å². The van der Waals surface area contributed by atoms with Crippen LogP contribution in [0.25, 0.3) is 0 Å². The number of ether oxygens (including phenoxy) is 2. The van der Waals surface area contributed by atoms with Gasteiger partial charge in [0.05, 0.1) is 12.4 Å². The third-order valence-corrected chi connectivity index (χ3v) is 2.35. The quantitative estimate of drug-likeness (QED) is 0.148. The van der Waals surface area contributed by atoms with E-state index in [1.807, 2.05) is 13.8 Å². The van der Waals surface area contributed by atoms with Crippen molar-refractivity contribution in [2.45, 2.75) is 27.7 Å². The molecule has 0 aromatic heterocycles. The van der Waals surface area contributed by atoms with Gasteiger partial charge in [-0.3, -0.25) is 4.79 Å². The molecule has 0 aliphatic rings. The monoisotopic (exact) mass is 564 g/mol. The Balaban J connectivity index is -0.0000000461. The summed E-state index contributed by atoms with van der Waals surface area (Å²) in [7, 11) is 0. The van der Waals surface area contributed by atoms with Crippen LogP contribution < -0.4 is 29.6 Å². The Kier molecular flexibility index (Phi) is 59.7. The van der Waals surface area contributed by atoms with Crippen molar-refractivity contribution >= 4 is 71.2 Å². The van der Waals surface area contributed by atoms with E-state index < -0.39 is 0 Å². The number of rotatable bonds is 5. The number of thiol groups is 1. The number of thioether (sulfide) groups is 1. The van der Waals surface area contributed by atoms with Crippen molar-refractivity contribution < 1.29 is 69.7 Å². The summed E-state index contributed by atoms with van der Waals surface area (Å²) in [4.78, 5) is 19.7.